The fourth-order valence-electron chi connectivity index (χ4n) is 2.89. The molecular weight excluding hydrogens is 311 g/mol. The maximum Gasteiger partial charge on any atom is 0.308 e. The van der Waals surface area contributed by atoms with Crippen molar-refractivity contribution in [2.45, 2.75) is 6.92 Å². The van der Waals surface area contributed by atoms with Gasteiger partial charge in [0.2, 0.25) is 0 Å². The first-order chi connectivity index (χ1) is 10.4. The topological polar surface area (TPSA) is 73.4 Å². The van der Waals surface area contributed by atoms with Crippen LogP contribution in [0.2, 0.25) is 5.02 Å². The molecule has 1 amide bonds. The molecule has 0 unspecified atom stereocenters. The Morgan fingerprint density at radius 3 is 2.77 bits per heavy atom. The van der Waals surface area contributed by atoms with Crippen molar-refractivity contribution in [3.63, 3.8) is 0 Å². The van der Waals surface area contributed by atoms with Crippen molar-refractivity contribution in [1.82, 2.24) is 9.88 Å². The minimum atomic E-state index is -0.910. The van der Waals surface area contributed by atoms with Crippen molar-refractivity contribution < 1.29 is 19.1 Å². The quantitative estimate of drug-likeness (QED) is 0.892. The second-order valence-electron chi connectivity index (χ2n) is 5.64. The standard InChI is InChI=1S/C15H14ClFN2O3/c1-7-5-19(6-10(7)15(21)22)14(20)13-12(16)9-4-8(17)2-3-11(9)18-13/h2-4,7,10,18H,5-6H2,1H3,(H,21,22)/t7-,10-/m1/s1. The summed E-state index contributed by atoms with van der Waals surface area (Å²) in [5.41, 5.74) is 0.734. The number of carbonyl (C=O) groups is 2. The molecule has 0 bridgehead atoms. The van der Waals surface area contributed by atoms with Crippen LogP contribution in [-0.4, -0.2) is 40.0 Å². The molecule has 1 aromatic heterocycles. The second-order valence-corrected chi connectivity index (χ2v) is 6.01. The van der Waals surface area contributed by atoms with E-state index in [2.05, 4.69) is 4.98 Å². The molecule has 1 aliphatic rings. The molecule has 1 aromatic carbocycles. The third-order valence-corrected chi connectivity index (χ3v) is 4.52. The van der Waals surface area contributed by atoms with Gasteiger partial charge < -0.3 is 15.0 Å². The van der Waals surface area contributed by atoms with Gasteiger partial charge in [0.1, 0.15) is 11.5 Å². The van der Waals surface area contributed by atoms with E-state index in [0.29, 0.717) is 17.4 Å². The van der Waals surface area contributed by atoms with E-state index in [9.17, 15) is 14.0 Å². The van der Waals surface area contributed by atoms with Gasteiger partial charge in [0, 0.05) is 24.0 Å². The molecule has 0 radical (unpaired) electrons. The zero-order valence-electron chi connectivity index (χ0n) is 11.8. The van der Waals surface area contributed by atoms with Gasteiger partial charge in [0.05, 0.1) is 10.9 Å². The second kappa shape index (κ2) is 5.28. The van der Waals surface area contributed by atoms with Gasteiger partial charge in [0.25, 0.3) is 5.91 Å². The summed E-state index contributed by atoms with van der Waals surface area (Å²) in [7, 11) is 0. The first kappa shape index (κ1) is 14.8. The average molecular weight is 325 g/mol. The van der Waals surface area contributed by atoms with Crippen LogP contribution >= 0.6 is 11.6 Å². The minimum absolute atomic E-state index is 0.123. The van der Waals surface area contributed by atoms with Crippen LogP contribution in [0.3, 0.4) is 0 Å². The number of carboxylic acid groups (broad SMARTS) is 1. The molecule has 2 heterocycles. The van der Waals surface area contributed by atoms with Crippen LogP contribution in [0.15, 0.2) is 18.2 Å². The Balaban J connectivity index is 1.93. The summed E-state index contributed by atoms with van der Waals surface area (Å²) in [5.74, 6) is -2.41. The van der Waals surface area contributed by atoms with Gasteiger partial charge in [-0.1, -0.05) is 18.5 Å². The fraction of sp³-hybridized carbons (Fsp3) is 0.333. The maximum absolute atomic E-state index is 13.3. The van der Waals surface area contributed by atoms with E-state index in [1.165, 1.54) is 23.1 Å². The molecule has 5 nitrogen and oxygen atoms in total. The van der Waals surface area contributed by atoms with Crippen LogP contribution in [0, 0.1) is 17.7 Å². The summed E-state index contributed by atoms with van der Waals surface area (Å²) >= 11 is 6.18. The van der Waals surface area contributed by atoms with E-state index in [0.717, 1.165) is 0 Å². The van der Waals surface area contributed by atoms with Crippen molar-refractivity contribution in [1.29, 1.82) is 0 Å². The number of carbonyl (C=O) groups excluding carboxylic acids is 1. The summed E-state index contributed by atoms with van der Waals surface area (Å²) in [6, 6.07) is 4.05. The lowest BCUT2D eigenvalue weighted by atomic mass is 9.99. The number of nitrogens with zero attached hydrogens (tertiary/aromatic N) is 1. The Hall–Kier alpha value is -2.08. The highest BCUT2D eigenvalue weighted by Crippen LogP contribution is 2.31. The van der Waals surface area contributed by atoms with Gasteiger partial charge in [0.15, 0.2) is 0 Å². The molecule has 1 saturated heterocycles. The molecule has 0 aliphatic carbocycles. The normalized spacial score (nSPS) is 21.5. The molecule has 3 rings (SSSR count). The van der Waals surface area contributed by atoms with Crippen LogP contribution in [0.1, 0.15) is 17.4 Å². The van der Waals surface area contributed by atoms with Gasteiger partial charge in [-0.25, -0.2) is 4.39 Å². The molecule has 7 heteroatoms. The van der Waals surface area contributed by atoms with E-state index >= 15 is 0 Å². The number of hydrogen-bond acceptors (Lipinski definition) is 2. The summed E-state index contributed by atoms with van der Waals surface area (Å²) in [6.07, 6.45) is 0. The number of aromatic amines is 1. The Morgan fingerprint density at radius 1 is 1.41 bits per heavy atom. The van der Waals surface area contributed by atoms with Crippen molar-refractivity contribution in [3.8, 4) is 0 Å². The van der Waals surface area contributed by atoms with E-state index in [4.69, 9.17) is 16.7 Å². The predicted molar refractivity (Wildman–Crippen MR) is 79.5 cm³/mol. The zero-order chi connectivity index (χ0) is 16.0. The van der Waals surface area contributed by atoms with E-state index in [-0.39, 0.29) is 29.1 Å². The average Bonchev–Trinajstić information content (AvgIpc) is 3.00. The summed E-state index contributed by atoms with van der Waals surface area (Å²) in [5, 5.41) is 9.74. The van der Waals surface area contributed by atoms with E-state index < -0.39 is 17.7 Å². The highest BCUT2D eigenvalue weighted by molar-refractivity contribution is 6.38. The van der Waals surface area contributed by atoms with Gasteiger partial charge >= 0.3 is 5.97 Å². The number of carboxylic acids is 1. The van der Waals surface area contributed by atoms with Crippen LogP contribution in [0.25, 0.3) is 10.9 Å². The molecule has 0 spiro atoms. The number of fused-ring (bicyclic) bond motifs is 1. The number of aromatic nitrogens is 1. The van der Waals surface area contributed by atoms with Crippen molar-refractivity contribution >= 4 is 34.4 Å². The third-order valence-electron chi connectivity index (χ3n) is 4.13. The largest absolute Gasteiger partial charge is 0.481 e. The Labute approximate surface area is 130 Å². The SMILES string of the molecule is C[C@@H]1CN(C(=O)c2[nH]c3ccc(F)cc3c2Cl)C[C@H]1C(=O)O. The molecule has 0 saturated carbocycles. The molecule has 22 heavy (non-hydrogen) atoms. The van der Waals surface area contributed by atoms with E-state index in [1.807, 2.05) is 0 Å². The number of H-pyrrole nitrogens is 1. The molecule has 1 aliphatic heterocycles. The molecule has 2 N–H and O–H groups in total. The van der Waals surface area contributed by atoms with Gasteiger partial charge in [-0.05, 0) is 24.1 Å². The predicted octanol–water partition coefficient (Wildman–Crippen LogP) is 2.75. The molecule has 2 atom stereocenters. The van der Waals surface area contributed by atoms with Gasteiger partial charge in [-0.2, -0.15) is 0 Å². The highest BCUT2D eigenvalue weighted by atomic mass is 35.5. The Bertz CT molecular complexity index is 773. The highest BCUT2D eigenvalue weighted by Gasteiger charge is 2.38. The molecule has 1 fully saturated rings. The minimum Gasteiger partial charge on any atom is -0.481 e. The maximum atomic E-state index is 13.3. The number of hydrogen-bond donors (Lipinski definition) is 2. The van der Waals surface area contributed by atoms with E-state index in [1.54, 1.807) is 6.92 Å². The van der Waals surface area contributed by atoms with Crippen molar-refractivity contribution in [2.75, 3.05) is 13.1 Å². The number of aliphatic carboxylic acids is 1. The van der Waals surface area contributed by atoms with Crippen LogP contribution < -0.4 is 0 Å². The monoisotopic (exact) mass is 324 g/mol. The number of amides is 1. The first-order valence-electron chi connectivity index (χ1n) is 6.87. The lowest BCUT2D eigenvalue weighted by Crippen LogP contribution is -2.30. The lowest BCUT2D eigenvalue weighted by molar-refractivity contribution is -0.142. The zero-order valence-corrected chi connectivity index (χ0v) is 12.5. The van der Waals surface area contributed by atoms with Gasteiger partial charge in [-0.15, -0.1) is 0 Å². The van der Waals surface area contributed by atoms with Crippen molar-refractivity contribution in [3.05, 3.63) is 34.7 Å². The Kier molecular flexibility index (Phi) is 3.56. The van der Waals surface area contributed by atoms with Gasteiger partial charge in [-0.3, -0.25) is 9.59 Å². The van der Waals surface area contributed by atoms with Crippen LogP contribution in [0.5, 0.6) is 0 Å². The first-order valence-corrected chi connectivity index (χ1v) is 7.25. The Morgan fingerprint density at radius 2 is 2.14 bits per heavy atom. The number of rotatable bonds is 2. The fourth-order valence-corrected chi connectivity index (χ4v) is 3.18. The molecule has 2 aromatic rings. The number of benzene rings is 1. The summed E-state index contributed by atoms with van der Waals surface area (Å²) < 4.78 is 13.3. The van der Waals surface area contributed by atoms with Crippen LogP contribution in [0.4, 0.5) is 4.39 Å². The third kappa shape index (κ3) is 2.33. The van der Waals surface area contributed by atoms with Crippen molar-refractivity contribution in [2.24, 2.45) is 11.8 Å². The molecular formula is C15H14ClFN2O3. The smallest absolute Gasteiger partial charge is 0.308 e. The summed E-state index contributed by atoms with van der Waals surface area (Å²) in [4.78, 5) is 28.1. The molecule has 116 valence electrons. The lowest BCUT2D eigenvalue weighted by Gasteiger charge is -2.15. The van der Waals surface area contributed by atoms with Crippen LogP contribution in [-0.2, 0) is 4.79 Å². The number of nitrogens with one attached hydrogen (secondary N) is 1. The summed E-state index contributed by atoms with van der Waals surface area (Å²) in [6.45, 7) is 2.31. The number of halogens is 2. The number of likely N-dealkylation sites (tertiary alicyclic amines) is 1.